The summed E-state index contributed by atoms with van der Waals surface area (Å²) in [5.74, 6) is -0.206. The SMILES string of the molecule is N#Cc1cc(-c2ccncc2)sc1NC(=O)Cc1ccccc1Cl. The van der Waals surface area contributed by atoms with Crippen LogP contribution in [0.15, 0.2) is 54.9 Å². The fourth-order valence-corrected chi connectivity index (χ4v) is 3.44. The molecule has 0 unspecified atom stereocenters. The number of pyridine rings is 1. The third-order valence-electron chi connectivity index (χ3n) is 3.38. The summed E-state index contributed by atoms with van der Waals surface area (Å²) in [5, 5.41) is 13.2. The quantitative estimate of drug-likeness (QED) is 0.750. The standard InChI is InChI=1S/C18H12ClN3OS/c19-15-4-2-1-3-13(15)10-17(23)22-18-14(11-20)9-16(24-18)12-5-7-21-8-6-12/h1-9H,10H2,(H,22,23). The van der Waals surface area contributed by atoms with Gasteiger partial charge in [0, 0.05) is 22.3 Å². The van der Waals surface area contributed by atoms with Crippen LogP contribution in [0.5, 0.6) is 0 Å². The molecule has 0 fully saturated rings. The Bertz CT molecular complexity index is 916. The summed E-state index contributed by atoms with van der Waals surface area (Å²) in [7, 11) is 0. The van der Waals surface area contributed by atoms with E-state index in [1.807, 2.05) is 30.3 Å². The third kappa shape index (κ3) is 3.62. The highest BCUT2D eigenvalue weighted by Crippen LogP contribution is 2.35. The van der Waals surface area contributed by atoms with Gasteiger partial charge in [-0.1, -0.05) is 29.8 Å². The number of carbonyl (C=O) groups excluding carboxylic acids is 1. The van der Waals surface area contributed by atoms with Crippen LogP contribution in [0.3, 0.4) is 0 Å². The Morgan fingerprint density at radius 1 is 1.25 bits per heavy atom. The number of aromatic nitrogens is 1. The number of benzene rings is 1. The Hall–Kier alpha value is -2.68. The summed E-state index contributed by atoms with van der Waals surface area (Å²) >= 11 is 7.44. The van der Waals surface area contributed by atoms with Crippen molar-refractivity contribution >= 4 is 33.8 Å². The number of thiophene rings is 1. The minimum atomic E-state index is -0.206. The van der Waals surface area contributed by atoms with E-state index in [-0.39, 0.29) is 12.3 Å². The number of nitrogens with zero attached hydrogens (tertiary/aromatic N) is 2. The Kier molecular flexibility index (Phi) is 4.90. The first-order valence-corrected chi connectivity index (χ1v) is 8.34. The van der Waals surface area contributed by atoms with Crippen LogP contribution in [0.4, 0.5) is 5.00 Å². The summed E-state index contributed by atoms with van der Waals surface area (Å²) in [5.41, 5.74) is 2.15. The van der Waals surface area contributed by atoms with E-state index in [1.54, 1.807) is 24.5 Å². The van der Waals surface area contributed by atoms with Crippen LogP contribution in [0.25, 0.3) is 10.4 Å². The number of hydrogen-bond donors (Lipinski definition) is 1. The van der Waals surface area contributed by atoms with Crippen molar-refractivity contribution in [2.45, 2.75) is 6.42 Å². The summed E-state index contributed by atoms with van der Waals surface area (Å²) in [6.07, 6.45) is 3.54. The zero-order valence-corrected chi connectivity index (χ0v) is 14.1. The molecule has 1 amide bonds. The number of nitrogens with one attached hydrogen (secondary N) is 1. The van der Waals surface area contributed by atoms with Crippen LogP contribution < -0.4 is 5.32 Å². The molecule has 24 heavy (non-hydrogen) atoms. The topological polar surface area (TPSA) is 65.8 Å². The van der Waals surface area contributed by atoms with Gasteiger partial charge in [-0.05, 0) is 35.4 Å². The Morgan fingerprint density at radius 3 is 2.71 bits per heavy atom. The van der Waals surface area contributed by atoms with Crippen LogP contribution in [0, 0.1) is 11.3 Å². The van der Waals surface area contributed by atoms with Gasteiger partial charge in [-0.3, -0.25) is 9.78 Å². The van der Waals surface area contributed by atoms with Gasteiger partial charge in [-0.15, -0.1) is 11.3 Å². The van der Waals surface area contributed by atoms with Crippen LogP contribution in [0.2, 0.25) is 5.02 Å². The molecule has 1 N–H and O–H groups in total. The van der Waals surface area contributed by atoms with E-state index < -0.39 is 0 Å². The maximum atomic E-state index is 12.3. The second-order valence-electron chi connectivity index (χ2n) is 5.02. The predicted octanol–water partition coefficient (Wildman–Crippen LogP) is 4.52. The van der Waals surface area contributed by atoms with Crippen molar-refractivity contribution in [3.8, 4) is 16.5 Å². The number of anilines is 1. The molecule has 4 nitrogen and oxygen atoms in total. The van der Waals surface area contributed by atoms with Gasteiger partial charge in [-0.2, -0.15) is 5.26 Å². The summed E-state index contributed by atoms with van der Waals surface area (Å²) in [6, 6.07) is 14.8. The van der Waals surface area contributed by atoms with Crippen LogP contribution >= 0.6 is 22.9 Å². The first kappa shape index (κ1) is 16.2. The molecule has 6 heteroatoms. The van der Waals surface area contributed by atoms with Crippen molar-refractivity contribution in [1.29, 1.82) is 5.26 Å². The molecule has 118 valence electrons. The normalized spacial score (nSPS) is 10.2. The van der Waals surface area contributed by atoms with Crippen molar-refractivity contribution in [3.05, 3.63) is 71.0 Å². The van der Waals surface area contributed by atoms with Crippen molar-refractivity contribution in [2.24, 2.45) is 0 Å². The summed E-state index contributed by atoms with van der Waals surface area (Å²) < 4.78 is 0. The molecular weight excluding hydrogens is 342 g/mol. The number of amides is 1. The lowest BCUT2D eigenvalue weighted by Crippen LogP contribution is -2.14. The van der Waals surface area contributed by atoms with Crippen LogP contribution in [0.1, 0.15) is 11.1 Å². The molecular formula is C18H12ClN3OS. The van der Waals surface area contributed by atoms with Crippen LogP contribution in [-0.4, -0.2) is 10.9 Å². The zero-order chi connectivity index (χ0) is 16.9. The fourth-order valence-electron chi connectivity index (χ4n) is 2.21. The van der Waals surface area contributed by atoms with Gasteiger partial charge >= 0.3 is 0 Å². The highest BCUT2D eigenvalue weighted by atomic mass is 35.5. The lowest BCUT2D eigenvalue weighted by molar-refractivity contribution is -0.115. The molecule has 0 atom stereocenters. The molecule has 0 bridgehead atoms. The van der Waals surface area contributed by atoms with Crippen molar-refractivity contribution in [2.75, 3.05) is 5.32 Å². The van der Waals surface area contributed by atoms with Crippen molar-refractivity contribution < 1.29 is 4.79 Å². The van der Waals surface area contributed by atoms with Crippen LogP contribution in [-0.2, 0) is 11.2 Å². The van der Waals surface area contributed by atoms with E-state index in [0.29, 0.717) is 15.6 Å². The third-order valence-corrected chi connectivity index (χ3v) is 4.85. The van der Waals surface area contributed by atoms with E-state index in [1.165, 1.54) is 11.3 Å². The average molecular weight is 354 g/mol. The molecule has 0 aliphatic carbocycles. The molecule has 0 saturated carbocycles. The fraction of sp³-hybridized carbons (Fsp3) is 0.0556. The molecule has 0 aliphatic heterocycles. The minimum Gasteiger partial charge on any atom is -0.316 e. The summed E-state index contributed by atoms with van der Waals surface area (Å²) in [4.78, 5) is 17.2. The molecule has 0 saturated heterocycles. The maximum absolute atomic E-state index is 12.3. The number of rotatable bonds is 4. The minimum absolute atomic E-state index is 0.160. The number of nitriles is 1. The summed E-state index contributed by atoms with van der Waals surface area (Å²) in [6.45, 7) is 0. The molecule has 3 rings (SSSR count). The van der Waals surface area contributed by atoms with E-state index >= 15 is 0 Å². The molecule has 1 aromatic carbocycles. The second kappa shape index (κ2) is 7.26. The second-order valence-corrected chi connectivity index (χ2v) is 6.48. The number of hydrogen-bond acceptors (Lipinski definition) is 4. The first-order chi connectivity index (χ1) is 11.7. The van der Waals surface area contributed by atoms with Gasteiger partial charge in [0.15, 0.2) is 0 Å². The highest BCUT2D eigenvalue weighted by Gasteiger charge is 2.14. The molecule has 0 radical (unpaired) electrons. The number of carbonyl (C=O) groups is 1. The van der Waals surface area contributed by atoms with Crippen molar-refractivity contribution in [1.82, 2.24) is 4.98 Å². The smallest absolute Gasteiger partial charge is 0.229 e. The Balaban J connectivity index is 1.80. The van der Waals surface area contributed by atoms with E-state index in [9.17, 15) is 10.1 Å². The van der Waals surface area contributed by atoms with Gasteiger partial charge in [0.2, 0.25) is 5.91 Å². The molecule has 2 heterocycles. The largest absolute Gasteiger partial charge is 0.316 e. The monoisotopic (exact) mass is 353 g/mol. The zero-order valence-electron chi connectivity index (χ0n) is 12.5. The first-order valence-electron chi connectivity index (χ1n) is 7.15. The molecule has 0 aliphatic rings. The van der Waals surface area contributed by atoms with E-state index in [2.05, 4.69) is 16.4 Å². The van der Waals surface area contributed by atoms with Crippen molar-refractivity contribution in [3.63, 3.8) is 0 Å². The predicted molar refractivity (Wildman–Crippen MR) is 96.1 cm³/mol. The van der Waals surface area contributed by atoms with Gasteiger partial charge in [-0.25, -0.2) is 0 Å². The average Bonchev–Trinajstić information content (AvgIpc) is 3.00. The highest BCUT2D eigenvalue weighted by molar-refractivity contribution is 7.19. The van der Waals surface area contributed by atoms with E-state index in [4.69, 9.17) is 11.6 Å². The Labute approximate surface area is 148 Å². The molecule has 2 aromatic heterocycles. The maximum Gasteiger partial charge on any atom is 0.229 e. The van der Waals surface area contributed by atoms with Gasteiger partial charge < -0.3 is 5.32 Å². The van der Waals surface area contributed by atoms with Gasteiger partial charge in [0.1, 0.15) is 11.1 Å². The molecule has 0 spiro atoms. The van der Waals surface area contributed by atoms with Gasteiger partial charge in [0.05, 0.1) is 12.0 Å². The lowest BCUT2D eigenvalue weighted by atomic mass is 10.1. The number of halogens is 1. The Morgan fingerprint density at radius 2 is 2.00 bits per heavy atom. The van der Waals surface area contributed by atoms with Gasteiger partial charge in [0.25, 0.3) is 0 Å². The van der Waals surface area contributed by atoms with E-state index in [0.717, 1.165) is 16.0 Å². The molecule has 3 aromatic rings. The lowest BCUT2D eigenvalue weighted by Gasteiger charge is -2.05.